The van der Waals surface area contributed by atoms with E-state index in [4.69, 9.17) is 0 Å². The molecule has 1 N–H and O–H groups in total. The van der Waals surface area contributed by atoms with E-state index in [1.807, 2.05) is 17.9 Å². The van der Waals surface area contributed by atoms with Crippen LogP contribution in [0.1, 0.15) is 30.3 Å². The third kappa shape index (κ3) is 2.75. The minimum absolute atomic E-state index is 0.00867. The van der Waals surface area contributed by atoms with Crippen LogP contribution in [-0.4, -0.2) is 59.8 Å². The molecule has 0 bridgehead atoms. The summed E-state index contributed by atoms with van der Waals surface area (Å²) >= 11 is 0. The van der Waals surface area contributed by atoms with Crippen molar-refractivity contribution in [3.63, 3.8) is 0 Å². The minimum atomic E-state index is 0.00867. The summed E-state index contributed by atoms with van der Waals surface area (Å²) in [4.78, 5) is 16.4. The van der Waals surface area contributed by atoms with Gasteiger partial charge in [0.15, 0.2) is 11.5 Å². The fraction of sp³-hybridized carbons (Fsp3) is 0.643. The third-order valence-electron chi connectivity index (χ3n) is 3.90. The standard InChI is InChI=1S/C14H21N5O/c1-2-19(11-3-4-11)14(20)12-5-6-13(17-16-12)18-9-7-15-8-10-18/h5-6,11,15H,2-4,7-10H2,1H3. The Hall–Kier alpha value is -1.69. The SMILES string of the molecule is CCN(C(=O)c1ccc(N2CCNCC2)nn1)C1CC1. The van der Waals surface area contributed by atoms with E-state index < -0.39 is 0 Å². The number of nitrogens with zero attached hydrogens (tertiary/aromatic N) is 4. The van der Waals surface area contributed by atoms with Crippen LogP contribution in [0.5, 0.6) is 0 Å². The minimum Gasteiger partial charge on any atom is -0.353 e. The molecule has 0 atom stereocenters. The Labute approximate surface area is 119 Å². The molecule has 0 spiro atoms. The van der Waals surface area contributed by atoms with Crippen molar-refractivity contribution in [2.24, 2.45) is 0 Å². The number of hydrogen-bond donors (Lipinski definition) is 1. The summed E-state index contributed by atoms with van der Waals surface area (Å²) in [6, 6.07) is 4.13. The summed E-state index contributed by atoms with van der Waals surface area (Å²) in [5.74, 6) is 0.867. The first-order valence-corrected chi connectivity index (χ1v) is 7.40. The summed E-state index contributed by atoms with van der Waals surface area (Å²) < 4.78 is 0. The number of amides is 1. The number of hydrogen-bond acceptors (Lipinski definition) is 5. The molecule has 0 radical (unpaired) electrons. The number of nitrogens with one attached hydrogen (secondary N) is 1. The lowest BCUT2D eigenvalue weighted by atomic mass is 10.3. The van der Waals surface area contributed by atoms with Crippen molar-refractivity contribution in [2.45, 2.75) is 25.8 Å². The van der Waals surface area contributed by atoms with Crippen LogP contribution >= 0.6 is 0 Å². The van der Waals surface area contributed by atoms with Crippen molar-refractivity contribution in [2.75, 3.05) is 37.6 Å². The van der Waals surface area contributed by atoms with E-state index in [1.165, 1.54) is 0 Å². The lowest BCUT2D eigenvalue weighted by Gasteiger charge is -2.28. The predicted octanol–water partition coefficient (Wildman–Crippen LogP) is 0.511. The molecule has 1 aromatic rings. The second-order valence-corrected chi connectivity index (χ2v) is 5.34. The number of anilines is 1. The Morgan fingerprint density at radius 1 is 1.35 bits per heavy atom. The van der Waals surface area contributed by atoms with Crippen molar-refractivity contribution in [3.05, 3.63) is 17.8 Å². The number of piperazine rings is 1. The second-order valence-electron chi connectivity index (χ2n) is 5.34. The van der Waals surface area contributed by atoms with Crippen LogP contribution in [0.15, 0.2) is 12.1 Å². The lowest BCUT2D eigenvalue weighted by molar-refractivity contribution is 0.0745. The first kappa shape index (κ1) is 13.3. The molecule has 1 amide bonds. The number of aromatic nitrogens is 2. The van der Waals surface area contributed by atoms with Gasteiger partial charge in [0.05, 0.1) is 0 Å². The zero-order valence-corrected chi connectivity index (χ0v) is 11.9. The molecule has 108 valence electrons. The van der Waals surface area contributed by atoms with Gasteiger partial charge >= 0.3 is 0 Å². The Morgan fingerprint density at radius 2 is 2.10 bits per heavy atom. The predicted molar refractivity (Wildman–Crippen MR) is 76.8 cm³/mol. The molecule has 2 aliphatic rings. The van der Waals surface area contributed by atoms with Crippen LogP contribution < -0.4 is 10.2 Å². The third-order valence-corrected chi connectivity index (χ3v) is 3.90. The van der Waals surface area contributed by atoms with Crippen molar-refractivity contribution < 1.29 is 4.79 Å². The molecular weight excluding hydrogens is 254 g/mol. The molecule has 1 aromatic heterocycles. The fourth-order valence-electron chi connectivity index (χ4n) is 2.60. The molecule has 2 fully saturated rings. The van der Waals surface area contributed by atoms with Gasteiger partial charge in [-0.1, -0.05) is 0 Å². The van der Waals surface area contributed by atoms with Crippen molar-refractivity contribution in [1.82, 2.24) is 20.4 Å². The summed E-state index contributed by atoms with van der Waals surface area (Å²) in [5.41, 5.74) is 0.456. The van der Waals surface area contributed by atoms with Gasteiger partial charge in [-0.3, -0.25) is 4.79 Å². The highest BCUT2D eigenvalue weighted by molar-refractivity contribution is 5.92. The highest BCUT2D eigenvalue weighted by atomic mass is 16.2. The Balaban J connectivity index is 1.70. The molecule has 1 saturated heterocycles. The van der Waals surface area contributed by atoms with Crippen molar-refractivity contribution >= 4 is 11.7 Å². The second kappa shape index (κ2) is 5.75. The molecule has 3 rings (SSSR count). The Morgan fingerprint density at radius 3 is 2.65 bits per heavy atom. The Bertz CT molecular complexity index is 465. The zero-order chi connectivity index (χ0) is 13.9. The average Bonchev–Trinajstić information content (AvgIpc) is 3.34. The van der Waals surface area contributed by atoms with E-state index in [2.05, 4.69) is 20.4 Å². The van der Waals surface area contributed by atoms with E-state index in [9.17, 15) is 4.79 Å². The smallest absolute Gasteiger partial charge is 0.274 e. The normalized spacial score (nSPS) is 18.9. The van der Waals surface area contributed by atoms with Gasteiger partial charge < -0.3 is 15.1 Å². The van der Waals surface area contributed by atoms with E-state index in [-0.39, 0.29) is 5.91 Å². The quantitative estimate of drug-likeness (QED) is 0.867. The van der Waals surface area contributed by atoms with Gasteiger partial charge in [-0.15, -0.1) is 10.2 Å². The van der Waals surface area contributed by atoms with Gasteiger partial charge in [0.1, 0.15) is 0 Å². The van der Waals surface area contributed by atoms with Crippen LogP contribution in [0.3, 0.4) is 0 Å². The van der Waals surface area contributed by atoms with Gasteiger partial charge in [-0.05, 0) is 31.9 Å². The van der Waals surface area contributed by atoms with Crippen molar-refractivity contribution in [1.29, 1.82) is 0 Å². The fourth-order valence-corrected chi connectivity index (χ4v) is 2.60. The van der Waals surface area contributed by atoms with Crippen LogP contribution in [-0.2, 0) is 0 Å². The van der Waals surface area contributed by atoms with Gasteiger partial charge in [0.2, 0.25) is 0 Å². The lowest BCUT2D eigenvalue weighted by Crippen LogP contribution is -2.44. The average molecular weight is 275 g/mol. The maximum absolute atomic E-state index is 12.3. The molecule has 1 saturated carbocycles. The molecule has 1 aliphatic carbocycles. The number of rotatable bonds is 4. The topological polar surface area (TPSA) is 61.4 Å². The molecule has 6 nitrogen and oxygen atoms in total. The molecule has 20 heavy (non-hydrogen) atoms. The molecule has 2 heterocycles. The van der Waals surface area contributed by atoms with E-state index in [0.29, 0.717) is 11.7 Å². The van der Waals surface area contributed by atoms with Crippen LogP contribution in [0.25, 0.3) is 0 Å². The number of carbonyl (C=O) groups excluding carboxylic acids is 1. The molecule has 0 unspecified atom stereocenters. The summed E-state index contributed by atoms with van der Waals surface area (Å²) in [6.45, 7) is 6.56. The first-order valence-electron chi connectivity index (χ1n) is 7.40. The molecule has 0 aromatic carbocycles. The van der Waals surface area contributed by atoms with Crippen LogP contribution in [0.2, 0.25) is 0 Å². The summed E-state index contributed by atoms with van der Waals surface area (Å²) in [6.07, 6.45) is 2.23. The van der Waals surface area contributed by atoms with Gasteiger partial charge in [-0.2, -0.15) is 0 Å². The Kier molecular flexibility index (Phi) is 3.82. The summed E-state index contributed by atoms with van der Waals surface area (Å²) in [5, 5.41) is 11.7. The highest BCUT2D eigenvalue weighted by Gasteiger charge is 2.32. The van der Waals surface area contributed by atoms with Gasteiger partial charge in [-0.25, -0.2) is 0 Å². The highest BCUT2D eigenvalue weighted by Crippen LogP contribution is 2.27. The molecule has 6 heteroatoms. The molecular formula is C14H21N5O. The largest absolute Gasteiger partial charge is 0.353 e. The summed E-state index contributed by atoms with van der Waals surface area (Å²) in [7, 11) is 0. The monoisotopic (exact) mass is 275 g/mol. The maximum atomic E-state index is 12.3. The first-order chi connectivity index (χ1) is 9.79. The zero-order valence-electron chi connectivity index (χ0n) is 11.9. The van der Waals surface area contributed by atoms with Crippen molar-refractivity contribution in [3.8, 4) is 0 Å². The van der Waals surface area contributed by atoms with Crippen LogP contribution in [0.4, 0.5) is 5.82 Å². The molecule has 1 aliphatic heterocycles. The number of carbonyl (C=O) groups is 1. The van der Waals surface area contributed by atoms with Gasteiger partial charge in [0, 0.05) is 38.8 Å². The van der Waals surface area contributed by atoms with Crippen LogP contribution in [0, 0.1) is 0 Å². The van der Waals surface area contributed by atoms with E-state index >= 15 is 0 Å². The van der Waals surface area contributed by atoms with E-state index in [1.54, 1.807) is 6.07 Å². The maximum Gasteiger partial charge on any atom is 0.274 e. The van der Waals surface area contributed by atoms with Gasteiger partial charge in [0.25, 0.3) is 5.91 Å². The van der Waals surface area contributed by atoms with E-state index in [0.717, 1.165) is 51.4 Å².